The van der Waals surface area contributed by atoms with E-state index in [2.05, 4.69) is 24.0 Å². The SMILES string of the molecule is Cc1sc2c(c1C)C(c1ccc(Cl)cc1)=N[C@@H](CC(=O)OC1CC1)c1nnc(C)n1-2. The van der Waals surface area contributed by atoms with Crippen LogP contribution in [0, 0.1) is 20.8 Å². The first-order valence-electron chi connectivity index (χ1n) is 9.98. The average Bonchev–Trinajstić information content (AvgIpc) is 3.39. The first kappa shape index (κ1) is 19.5. The predicted molar refractivity (Wildman–Crippen MR) is 117 cm³/mol. The number of aryl methyl sites for hydroxylation is 2. The molecule has 0 bridgehead atoms. The Hall–Kier alpha value is -2.51. The summed E-state index contributed by atoms with van der Waals surface area (Å²) in [5.41, 5.74) is 4.03. The van der Waals surface area contributed by atoms with E-state index in [9.17, 15) is 4.79 Å². The molecule has 1 aromatic carbocycles. The third-order valence-corrected chi connectivity index (χ3v) is 6.98. The molecule has 8 heteroatoms. The lowest BCUT2D eigenvalue weighted by molar-refractivity contribution is -0.145. The van der Waals surface area contributed by atoms with E-state index in [1.165, 1.54) is 10.4 Å². The molecule has 6 nitrogen and oxygen atoms in total. The van der Waals surface area contributed by atoms with Gasteiger partial charge in [0.05, 0.1) is 12.1 Å². The zero-order valence-corrected chi connectivity index (χ0v) is 18.5. The highest BCUT2D eigenvalue weighted by Gasteiger charge is 2.34. The van der Waals surface area contributed by atoms with Crippen molar-refractivity contribution in [3.63, 3.8) is 0 Å². The standard InChI is InChI=1S/C22H21ClN4O2S/c1-11-12(2)30-22-19(11)20(14-4-6-15(23)7-5-14)24-17(10-18(28)29-16-8-9-16)21-26-25-13(3)27(21)22/h4-7,16-17H,8-10H2,1-3H3/t17-/m0/s1. The predicted octanol–water partition coefficient (Wildman–Crippen LogP) is 4.90. The number of carbonyl (C=O) groups excluding carboxylic acids is 1. The highest BCUT2D eigenvalue weighted by atomic mass is 35.5. The van der Waals surface area contributed by atoms with Gasteiger partial charge in [-0.15, -0.1) is 21.5 Å². The molecule has 1 atom stereocenters. The van der Waals surface area contributed by atoms with Crippen molar-refractivity contribution in [1.29, 1.82) is 0 Å². The third kappa shape index (κ3) is 3.36. The van der Waals surface area contributed by atoms with Crippen LogP contribution in [-0.2, 0) is 9.53 Å². The van der Waals surface area contributed by atoms with Crippen LogP contribution >= 0.6 is 22.9 Å². The van der Waals surface area contributed by atoms with Crippen LogP contribution in [0.1, 0.15) is 58.5 Å². The Kier molecular flexibility index (Phi) is 4.75. The Morgan fingerprint density at radius 2 is 1.93 bits per heavy atom. The maximum atomic E-state index is 12.5. The van der Waals surface area contributed by atoms with Crippen molar-refractivity contribution in [3.05, 3.63) is 62.5 Å². The first-order valence-corrected chi connectivity index (χ1v) is 11.2. The lowest BCUT2D eigenvalue weighted by Gasteiger charge is -2.12. The molecule has 30 heavy (non-hydrogen) atoms. The number of hydrogen-bond donors (Lipinski definition) is 0. The van der Waals surface area contributed by atoms with Gasteiger partial charge in [0.25, 0.3) is 0 Å². The topological polar surface area (TPSA) is 69.4 Å². The van der Waals surface area contributed by atoms with E-state index < -0.39 is 6.04 Å². The Morgan fingerprint density at radius 3 is 2.63 bits per heavy atom. The van der Waals surface area contributed by atoms with Crippen molar-refractivity contribution in [1.82, 2.24) is 14.8 Å². The van der Waals surface area contributed by atoms with E-state index in [1.54, 1.807) is 11.3 Å². The van der Waals surface area contributed by atoms with Crippen LogP contribution in [0.5, 0.6) is 0 Å². The molecule has 5 rings (SSSR count). The van der Waals surface area contributed by atoms with Crippen LogP contribution in [0.15, 0.2) is 29.3 Å². The number of aliphatic imine (C=N–C) groups is 1. The van der Waals surface area contributed by atoms with Gasteiger partial charge >= 0.3 is 5.97 Å². The number of aromatic nitrogens is 3. The molecule has 3 heterocycles. The maximum absolute atomic E-state index is 12.5. The van der Waals surface area contributed by atoms with Crippen LogP contribution in [0.2, 0.25) is 5.02 Å². The van der Waals surface area contributed by atoms with Crippen molar-refractivity contribution < 1.29 is 9.53 Å². The summed E-state index contributed by atoms with van der Waals surface area (Å²) in [7, 11) is 0. The molecule has 2 aliphatic rings. The molecule has 1 fully saturated rings. The number of thiophene rings is 1. The lowest BCUT2D eigenvalue weighted by atomic mass is 9.99. The van der Waals surface area contributed by atoms with Gasteiger partial charge < -0.3 is 4.74 Å². The summed E-state index contributed by atoms with van der Waals surface area (Å²) in [6.45, 7) is 6.15. The number of ether oxygens (including phenoxy) is 1. The van der Waals surface area contributed by atoms with Crippen molar-refractivity contribution in [2.24, 2.45) is 4.99 Å². The van der Waals surface area contributed by atoms with Crippen molar-refractivity contribution in [3.8, 4) is 5.00 Å². The number of rotatable bonds is 4. The summed E-state index contributed by atoms with van der Waals surface area (Å²) in [4.78, 5) is 18.8. The summed E-state index contributed by atoms with van der Waals surface area (Å²) in [5.74, 6) is 1.21. The number of nitrogens with zero attached hydrogens (tertiary/aromatic N) is 4. The van der Waals surface area contributed by atoms with Crippen molar-refractivity contribution in [2.75, 3.05) is 0 Å². The zero-order valence-electron chi connectivity index (χ0n) is 17.0. The molecule has 0 N–H and O–H groups in total. The molecule has 154 valence electrons. The fourth-order valence-corrected chi connectivity index (χ4v) is 5.05. The van der Waals surface area contributed by atoms with Gasteiger partial charge in [-0.1, -0.05) is 23.7 Å². The van der Waals surface area contributed by atoms with Crippen LogP contribution in [-0.4, -0.2) is 32.5 Å². The van der Waals surface area contributed by atoms with Crippen LogP contribution in [0.3, 0.4) is 0 Å². The molecule has 0 amide bonds. The molecule has 1 aliphatic heterocycles. The molecular formula is C22H21ClN4O2S. The summed E-state index contributed by atoms with van der Waals surface area (Å²) >= 11 is 7.82. The van der Waals surface area contributed by atoms with E-state index in [0.717, 1.165) is 40.5 Å². The van der Waals surface area contributed by atoms with E-state index in [-0.39, 0.29) is 18.5 Å². The average molecular weight is 441 g/mol. The normalized spacial score (nSPS) is 17.7. The van der Waals surface area contributed by atoms with E-state index >= 15 is 0 Å². The molecule has 0 saturated heterocycles. The second-order valence-electron chi connectivity index (χ2n) is 7.80. The number of carbonyl (C=O) groups is 1. The number of hydrogen-bond acceptors (Lipinski definition) is 6. The van der Waals surface area contributed by atoms with Crippen LogP contribution in [0.25, 0.3) is 5.00 Å². The molecule has 0 spiro atoms. The monoisotopic (exact) mass is 440 g/mol. The highest BCUT2D eigenvalue weighted by Crippen LogP contribution is 2.39. The van der Waals surface area contributed by atoms with Crippen molar-refractivity contribution in [2.45, 2.75) is 52.2 Å². The summed E-state index contributed by atoms with van der Waals surface area (Å²) in [6.07, 6.45) is 2.09. The Balaban J connectivity index is 1.69. The van der Waals surface area contributed by atoms with E-state index in [4.69, 9.17) is 21.3 Å². The van der Waals surface area contributed by atoms with Gasteiger partial charge in [-0.3, -0.25) is 14.4 Å². The minimum atomic E-state index is -0.470. The second kappa shape index (κ2) is 7.32. The fraction of sp³-hybridized carbons (Fsp3) is 0.364. The molecule has 1 aliphatic carbocycles. The van der Waals surface area contributed by atoms with Crippen LogP contribution < -0.4 is 0 Å². The van der Waals surface area contributed by atoms with Gasteiger partial charge in [0.1, 0.15) is 23.0 Å². The van der Waals surface area contributed by atoms with Crippen LogP contribution in [0.4, 0.5) is 0 Å². The van der Waals surface area contributed by atoms with Gasteiger partial charge in [-0.05, 0) is 51.3 Å². The third-order valence-electron chi connectivity index (χ3n) is 5.54. The second-order valence-corrected chi connectivity index (χ2v) is 9.44. The maximum Gasteiger partial charge on any atom is 0.308 e. The molecule has 3 aromatic rings. The molecular weight excluding hydrogens is 420 g/mol. The largest absolute Gasteiger partial charge is 0.462 e. The lowest BCUT2D eigenvalue weighted by Crippen LogP contribution is -2.14. The van der Waals surface area contributed by atoms with E-state index in [1.807, 2.05) is 35.8 Å². The number of esters is 1. The fourth-order valence-electron chi connectivity index (χ4n) is 3.71. The number of fused-ring (bicyclic) bond motifs is 3. The molecule has 0 unspecified atom stereocenters. The number of benzene rings is 1. The molecule has 1 saturated carbocycles. The van der Waals surface area contributed by atoms with Crippen molar-refractivity contribution >= 4 is 34.6 Å². The highest BCUT2D eigenvalue weighted by molar-refractivity contribution is 7.15. The molecule has 0 radical (unpaired) electrons. The van der Waals surface area contributed by atoms with E-state index in [0.29, 0.717) is 10.8 Å². The summed E-state index contributed by atoms with van der Waals surface area (Å²) < 4.78 is 7.55. The first-order chi connectivity index (χ1) is 14.4. The Bertz CT molecular complexity index is 1170. The van der Waals surface area contributed by atoms with Gasteiger partial charge in [0.15, 0.2) is 5.82 Å². The minimum absolute atomic E-state index is 0.0640. The summed E-state index contributed by atoms with van der Waals surface area (Å²) in [5, 5.41) is 10.4. The van der Waals surface area contributed by atoms with Gasteiger partial charge in [-0.2, -0.15) is 0 Å². The summed E-state index contributed by atoms with van der Waals surface area (Å²) in [6, 6.07) is 7.19. The number of halogens is 1. The molecule has 2 aromatic heterocycles. The smallest absolute Gasteiger partial charge is 0.308 e. The Morgan fingerprint density at radius 1 is 1.20 bits per heavy atom. The Labute approximate surface area is 183 Å². The quantitative estimate of drug-likeness (QED) is 0.541. The zero-order chi connectivity index (χ0) is 21.0. The minimum Gasteiger partial charge on any atom is -0.462 e. The van der Waals surface area contributed by atoms with Gasteiger partial charge in [0, 0.05) is 21.0 Å². The van der Waals surface area contributed by atoms with Gasteiger partial charge in [-0.25, -0.2) is 0 Å². The van der Waals surface area contributed by atoms with Gasteiger partial charge in [0.2, 0.25) is 0 Å².